The number of nitrogens with one attached hydrogen (secondary N) is 1. The molecule has 1 atom stereocenters. The Balaban J connectivity index is 1.92. The summed E-state index contributed by atoms with van der Waals surface area (Å²) in [5, 5.41) is 3.55. The molecule has 0 radical (unpaired) electrons. The molecule has 22 heavy (non-hydrogen) atoms. The normalized spacial score (nSPS) is 17.3. The summed E-state index contributed by atoms with van der Waals surface area (Å²) in [7, 11) is 3.35. The molecular weight excluding hydrogens is 274 g/mol. The lowest BCUT2D eigenvalue weighted by Gasteiger charge is -2.26. The van der Waals surface area contributed by atoms with Gasteiger partial charge in [-0.2, -0.15) is 0 Å². The van der Waals surface area contributed by atoms with Gasteiger partial charge in [-0.05, 0) is 35.2 Å². The molecule has 0 fully saturated rings. The van der Waals surface area contributed by atoms with Crippen LogP contribution in [0.4, 0.5) is 0 Å². The van der Waals surface area contributed by atoms with Gasteiger partial charge in [0.05, 0.1) is 20.3 Å². The zero-order valence-corrected chi connectivity index (χ0v) is 13.0. The lowest BCUT2D eigenvalue weighted by Crippen LogP contribution is -2.28. The van der Waals surface area contributed by atoms with E-state index in [1.807, 2.05) is 6.07 Å². The lowest BCUT2D eigenvalue weighted by atomic mass is 9.93. The van der Waals surface area contributed by atoms with Gasteiger partial charge in [-0.1, -0.05) is 42.5 Å². The van der Waals surface area contributed by atoms with Crippen LogP contribution in [0.3, 0.4) is 0 Å². The molecule has 114 valence electrons. The fourth-order valence-electron chi connectivity index (χ4n) is 2.86. The largest absolute Gasteiger partial charge is 0.493 e. The molecule has 2 aromatic rings. The number of rotatable bonds is 4. The average molecular weight is 295 g/mol. The summed E-state index contributed by atoms with van der Waals surface area (Å²) < 4.78 is 10.8. The number of methoxy groups -OCH3 is 2. The van der Waals surface area contributed by atoms with Crippen molar-refractivity contribution in [1.82, 2.24) is 5.32 Å². The first-order valence-corrected chi connectivity index (χ1v) is 7.53. The fraction of sp³-hybridized carbons (Fsp3) is 0.263. The Labute approximate surface area is 131 Å². The minimum Gasteiger partial charge on any atom is -0.493 e. The third-order valence-corrected chi connectivity index (χ3v) is 4.02. The molecule has 1 aliphatic heterocycles. The molecular formula is C19H21NO2. The van der Waals surface area contributed by atoms with Crippen LogP contribution < -0.4 is 14.8 Å². The van der Waals surface area contributed by atoms with Crippen LogP contribution in [0, 0.1) is 0 Å². The van der Waals surface area contributed by atoms with E-state index in [0.717, 1.165) is 24.5 Å². The number of hydrogen-bond acceptors (Lipinski definition) is 3. The molecule has 0 aromatic heterocycles. The molecule has 3 nitrogen and oxygen atoms in total. The summed E-state index contributed by atoms with van der Waals surface area (Å²) in [4.78, 5) is 0. The van der Waals surface area contributed by atoms with Crippen LogP contribution in [-0.4, -0.2) is 20.8 Å². The van der Waals surface area contributed by atoms with Gasteiger partial charge in [-0.15, -0.1) is 0 Å². The van der Waals surface area contributed by atoms with Crippen LogP contribution >= 0.6 is 0 Å². The van der Waals surface area contributed by atoms with Crippen molar-refractivity contribution in [1.29, 1.82) is 0 Å². The summed E-state index contributed by atoms with van der Waals surface area (Å²) in [5.74, 6) is 1.58. The smallest absolute Gasteiger partial charge is 0.161 e. The number of benzene rings is 2. The van der Waals surface area contributed by atoms with E-state index in [4.69, 9.17) is 9.47 Å². The Morgan fingerprint density at radius 3 is 2.50 bits per heavy atom. The van der Waals surface area contributed by atoms with Gasteiger partial charge in [-0.25, -0.2) is 0 Å². The summed E-state index contributed by atoms with van der Waals surface area (Å²) in [6.45, 7) is 0.965. The highest BCUT2D eigenvalue weighted by atomic mass is 16.5. The maximum atomic E-state index is 5.44. The lowest BCUT2D eigenvalue weighted by molar-refractivity contribution is 0.353. The van der Waals surface area contributed by atoms with Gasteiger partial charge in [0.1, 0.15) is 0 Å². The van der Waals surface area contributed by atoms with Crippen LogP contribution in [0.2, 0.25) is 0 Å². The van der Waals surface area contributed by atoms with Crippen LogP contribution in [0.5, 0.6) is 11.5 Å². The molecule has 3 heteroatoms. The van der Waals surface area contributed by atoms with Crippen molar-refractivity contribution >= 4 is 6.08 Å². The standard InChI is InChI=1S/C19H21NO2/c1-21-18-12-15-10-11-20-17(16(15)13-19(18)22-2)9-8-14-6-4-3-5-7-14/h3-9,12-13,17,20H,10-11H2,1-2H3/b9-8+. The molecule has 0 bridgehead atoms. The van der Waals surface area contributed by atoms with E-state index in [-0.39, 0.29) is 6.04 Å². The Hall–Kier alpha value is -2.26. The van der Waals surface area contributed by atoms with E-state index in [0.29, 0.717) is 0 Å². The molecule has 3 rings (SSSR count). The van der Waals surface area contributed by atoms with Crippen molar-refractivity contribution < 1.29 is 9.47 Å². The van der Waals surface area contributed by atoms with Gasteiger partial charge in [-0.3, -0.25) is 0 Å². The molecule has 0 saturated carbocycles. The van der Waals surface area contributed by atoms with Crippen molar-refractivity contribution in [2.75, 3.05) is 20.8 Å². The Morgan fingerprint density at radius 1 is 1.05 bits per heavy atom. The first-order chi connectivity index (χ1) is 10.8. The number of fused-ring (bicyclic) bond motifs is 1. The quantitative estimate of drug-likeness (QED) is 0.935. The molecule has 0 aliphatic carbocycles. The molecule has 0 spiro atoms. The van der Waals surface area contributed by atoms with Gasteiger partial charge >= 0.3 is 0 Å². The van der Waals surface area contributed by atoms with Gasteiger partial charge in [0.2, 0.25) is 0 Å². The van der Waals surface area contributed by atoms with Gasteiger partial charge < -0.3 is 14.8 Å². The van der Waals surface area contributed by atoms with Gasteiger partial charge in [0, 0.05) is 6.54 Å². The van der Waals surface area contributed by atoms with Crippen LogP contribution in [0.15, 0.2) is 48.5 Å². The average Bonchev–Trinajstić information content (AvgIpc) is 2.59. The zero-order valence-electron chi connectivity index (χ0n) is 13.0. The summed E-state index contributed by atoms with van der Waals surface area (Å²) in [6.07, 6.45) is 5.37. The van der Waals surface area contributed by atoms with E-state index in [9.17, 15) is 0 Å². The Morgan fingerprint density at radius 2 is 1.77 bits per heavy atom. The van der Waals surface area contributed by atoms with Crippen molar-refractivity contribution in [3.05, 3.63) is 65.2 Å². The molecule has 1 heterocycles. The monoisotopic (exact) mass is 295 g/mol. The summed E-state index contributed by atoms with van der Waals surface area (Å²) >= 11 is 0. The van der Waals surface area contributed by atoms with E-state index >= 15 is 0 Å². The maximum absolute atomic E-state index is 5.44. The molecule has 1 N–H and O–H groups in total. The van der Waals surface area contributed by atoms with Gasteiger partial charge in [0.15, 0.2) is 11.5 Å². The summed E-state index contributed by atoms with van der Waals surface area (Å²) in [5.41, 5.74) is 3.78. The molecule has 1 unspecified atom stereocenters. The second-order valence-electron chi connectivity index (χ2n) is 5.36. The van der Waals surface area contributed by atoms with E-state index in [1.165, 1.54) is 16.7 Å². The predicted molar refractivity (Wildman–Crippen MR) is 89.5 cm³/mol. The molecule has 0 amide bonds. The SMILES string of the molecule is COc1cc2c(cc1OC)C(/C=C/c1ccccc1)NCC2. The first kappa shape index (κ1) is 14.7. The predicted octanol–water partition coefficient (Wildman–Crippen LogP) is 3.60. The summed E-state index contributed by atoms with van der Waals surface area (Å²) in [6, 6.07) is 14.7. The third-order valence-electron chi connectivity index (χ3n) is 4.02. The van der Waals surface area contributed by atoms with Crippen molar-refractivity contribution in [3.63, 3.8) is 0 Å². The van der Waals surface area contributed by atoms with Crippen molar-refractivity contribution in [2.45, 2.75) is 12.5 Å². The second-order valence-corrected chi connectivity index (χ2v) is 5.36. The van der Waals surface area contributed by atoms with E-state index in [1.54, 1.807) is 14.2 Å². The van der Waals surface area contributed by atoms with E-state index in [2.05, 4.69) is 53.9 Å². The second kappa shape index (κ2) is 6.67. The Bertz CT molecular complexity index is 665. The minimum atomic E-state index is 0.198. The highest BCUT2D eigenvalue weighted by molar-refractivity contribution is 5.54. The minimum absolute atomic E-state index is 0.198. The van der Waals surface area contributed by atoms with Crippen LogP contribution in [-0.2, 0) is 6.42 Å². The zero-order chi connectivity index (χ0) is 15.4. The number of ether oxygens (including phenoxy) is 2. The van der Waals surface area contributed by atoms with Gasteiger partial charge in [0.25, 0.3) is 0 Å². The van der Waals surface area contributed by atoms with Crippen molar-refractivity contribution in [2.24, 2.45) is 0 Å². The highest BCUT2D eigenvalue weighted by Gasteiger charge is 2.20. The first-order valence-electron chi connectivity index (χ1n) is 7.53. The Kier molecular flexibility index (Phi) is 4.45. The van der Waals surface area contributed by atoms with Crippen LogP contribution in [0.25, 0.3) is 6.08 Å². The third kappa shape index (κ3) is 3.00. The maximum Gasteiger partial charge on any atom is 0.161 e. The van der Waals surface area contributed by atoms with Crippen molar-refractivity contribution in [3.8, 4) is 11.5 Å². The molecule has 0 saturated heterocycles. The topological polar surface area (TPSA) is 30.5 Å². The van der Waals surface area contributed by atoms with E-state index < -0.39 is 0 Å². The van der Waals surface area contributed by atoms with Crippen LogP contribution in [0.1, 0.15) is 22.7 Å². The molecule has 1 aliphatic rings. The number of hydrogen-bond donors (Lipinski definition) is 1. The fourth-order valence-corrected chi connectivity index (χ4v) is 2.86. The highest BCUT2D eigenvalue weighted by Crippen LogP contribution is 2.35. The molecule has 2 aromatic carbocycles.